The maximum Gasteiger partial charge on any atom is 0.312 e. The van der Waals surface area contributed by atoms with Gasteiger partial charge in [-0.2, -0.15) is 0 Å². The summed E-state index contributed by atoms with van der Waals surface area (Å²) in [6.07, 6.45) is 8.04. The third kappa shape index (κ3) is 5.73. The first kappa shape index (κ1) is 34.2. The lowest BCUT2D eigenvalue weighted by molar-refractivity contribution is -0.694. The monoisotopic (exact) mass is 617 g/mol. The summed E-state index contributed by atoms with van der Waals surface area (Å²) in [5.74, 6) is 1.12. The van der Waals surface area contributed by atoms with Crippen LogP contribution in [0, 0.1) is 34.6 Å². The van der Waals surface area contributed by atoms with Crippen molar-refractivity contribution >= 4 is 28.4 Å². The molecule has 0 saturated carbocycles. The fraction of sp³-hybridized carbons (Fsp3) is 0.325. The van der Waals surface area contributed by atoms with Crippen LogP contribution in [0.3, 0.4) is 0 Å². The molecule has 0 aliphatic rings. The van der Waals surface area contributed by atoms with Crippen molar-refractivity contribution in [3.05, 3.63) is 119 Å². The Balaban J connectivity index is 0.00000116. The summed E-state index contributed by atoms with van der Waals surface area (Å²) < 4.78 is 15.1. The molecule has 0 bridgehead atoms. The number of rotatable bonds is 5. The van der Waals surface area contributed by atoms with Crippen LogP contribution in [0.25, 0.3) is 34.1 Å². The first-order valence-corrected chi connectivity index (χ1v) is 16.4. The van der Waals surface area contributed by atoms with Gasteiger partial charge in [-0.25, -0.2) is 18.6 Å². The molecule has 0 saturated heterocycles. The van der Waals surface area contributed by atoms with Gasteiger partial charge < -0.3 is 0 Å². The maximum atomic E-state index is 6.48. The SMILES string of the molecule is C=Cn1c(=Nc2c(C)cccc2C)c2c(C(C)(C)n3cc[n+](C)c3-c3ccccc3C)co[n+]2c2cc(C)cc(C)c21.CC.CC. The van der Waals surface area contributed by atoms with Gasteiger partial charge in [0.05, 0.1) is 18.3 Å². The van der Waals surface area contributed by atoms with Crippen LogP contribution in [0.15, 0.2) is 89.3 Å². The van der Waals surface area contributed by atoms with Crippen molar-refractivity contribution in [2.75, 3.05) is 0 Å². The predicted octanol–water partition coefficient (Wildman–Crippen LogP) is 8.98. The summed E-state index contributed by atoms with van der Waals surface area (Å²) in [4.78, 5) is 5.39. The lowest BCUT2D eigenvalue weighted by Gasteiger charge is -2.21. The molecule has 0 spiro atoms. The van der Waals surface area contributed by atoms with Crippen molar-refractivity contribution in [3.8, 4) is 11.4 Å². The van der Waals surface area contributed by atoms with Crippen molar-refractivity contribution in [1.82, 2.24) is 9.13 Å². The van der Waals surface area contributed by atoms with Crippen LogP contribution in [-0.4, -0.2) is 9.13 Å². The van der Waals surface area contributed by atoms with E-state index >= 15 is 0 Å². The lowest BCUT2D eigenvalue weighted by atomic mass is 9.94. The normalized spacial score (nSPS) is 11.7. The van der Waals surface area contributed by atoms with Crippen molar-refractivity contribution in [2.45, 2.75) is 81.7 Å². The highest BCUT2D eigenvalue weighted by molar-refractivity contribution is 5.80. The average Bonchev–Trinajstić information content (AvgIpc) is 3.67. The van der Waals surface area contributed by atoms with E-state index in [2.05, 4.69) is 143 Å². The van der Waals surface area contributed by atoms with E-state index in [9.17, 15) is 0 Å². The molecule has 0 radical (unpaired) electrons. The molecule has 6 nitrogen and oxygen atoms in total. The molecule has 3 aromatic carbocycles. The zero-order valence-electron chi connectivity index (χ0n) is 29.9. The molecule has 0 N–H and O–H groups in total. The van der Waals surface area contributed by atoms with E-state index in [-0.39, 0.29) is 0 Å². The van der Waals surface area contributed by atoms with Crippen LogP contribution in [0.1, 0.15) is 74.9 Å². The van der Waals surface area contributed by atoms with Gasteiger partial charge in [0.15, 0.2) is 6.26 Å². The van der Waals surface area contributed by atoms with Gasteiger partial charge >= 0.3 is 5.52 Å². The molecule has 0 amide bonds. The number of hydrogen-bond donors (Lipinski definition) is 0. The number of fused-ring (bicyclic) bond motifs is 3. The molecule has 0 aliphatic heterocycles. The highest BCUT2D eigenvalue weighted by Crippen LogP contribution is 2.33. The second kappa shape index (κ2) is 13.7. The molecule has 240 valence electrons. The molecular formula is C40H51N5O+2. The average molecular weight is 618 g/mol. The lowest BCUT2D eigenvalue weighted by Crippen LogP contribution is -2.38. The quantitative estimate of drug-likeness (QED) is 0.178. The van der Waals surface area contributed by atoms with Gasteiger partial charge in [0.1, 0.15) is 29.0 Å². The maximum absolute atomic E-state index is 6.48. The molecule has 3 heterocycles. The Morgan fingerprint density at radius 1 is 0.848 bits per heavy atom. The Hall–Kier alpha value is -4.71. The van der Waals surface area contributed by atoms with E-state index in [0.717, 1.165) is 55.8 Å². The van der Waals surface area contributed by atoms with Crippen LogP contribution in [0.5, 0.6) is 0 Å². The molecular weight excluding hydrogens is 566 g/mol. The van der Waals surface area contributed by atoms with Gasteiger partial charge in [0, 0.05) is 16.8 Å². The molecule has 0 atom stereocenters. The molecule has 46 heavy (non-hydrogen) atoms. The predicted molar refractivity (Wildman–Crippen MR) is 191 cm³/mol. The summed E-state index contributed by atoms with van der Waals surface area (Å²) in [5.41, 5.74) is 12.1. The third-order valence-electron chi connectivity index (χ3n) is 8.55. The van der Waals surface area contributed by atoms with Gasteiger partial charge in [-0.1, -0.05) is 76.7 Å². The van der Waals surface area contributed by atoms with E-state index in [1.54, 1.807) is 0 Å². The second-order valence-electron chi connectivity index (χ2n) is 11.9. The van der Waals surface area contributed by atoms with Crippen LogP contribution >= 0.6 is 0 Å². The Morgan fingerprint density at radius 3 is 2.11 bits per heavy atom. The second-order valence-corrected chi connectivity index (χ2v) is 11.9. The Morgan fingerprint density at radius 2 is 1.48 bits per heavy atom. The third-order valence-corrected chi connectivity index (χ3v) is 8.55. The van der Waals surface area contributed by atoms with Gasteiger partial charge in [0.25, 0.3) is 11.3 Å². The van der Waals surface area contributed by atoms with E-state index in [1.807, 2.05) is 44.7 Å². The zero-order chi connectivity index (χ0) is 33.9. The number of hydrogen-bond acceptors (Lipinski definition) is 2. The van der Waals surface area contributed by atoms with Crippen LogP contribution in [0.4, 0.5) is 5.69 Å². The van der Waals surface area contributed by atoms with E-state index in [0.29, 0.717) is 0 Å². The molecule has 0 fully saturated rings. The van der Waals surface area contributed by atoms with E-state index < -0.39 is 5.54 Å². The highest BCUT2D eigenvalue weighted by Gasteiger charge is 2.41. The summed E-state index contributed by atoms with van der Waals surface area (Å²) in [6, 6.07) is 19.2. The van der Waals surface area contributed by atoms with Gasteiger partial charge in [0.2, 0.25) is 5.49 Å². The number of benzene rings is 3. The van der Waals surface area contributed by atoms with Gasteiger partial charge in [-0.05, 0) is 82.3 Å². The zero-order valence-corrected chi connectivity index (χ0v) is 29.9. The summed E-state index contributed by atoms with van der Waals surface area (Å²) in [7, 11) is 2.10. The van der Waals surface area contributed by atoms with E-state index in [4.69, 9.17) is 9.52 Å². The van der Waals surface area contributed by atoms with Crippen molar-refractivity contribution < 1.29 is 13.7 Å². The van der Waals surface area contributed by atoms with Crippen molar-refractivity contribution in [2.24, 2.45) is 12.0 Å². The highest BCUT2D eigenvalue weighted by atomic mass is 16.5. The molecule has 6 aromatic rings. The molecule has 0 aliphatic carbocycles. The largest absolute Gasteiger partial charge is 0.312 e. The molecule has 3 aromatic heterocycles. The minimum Gasteiger partial charge on any atom is -0.290 e. The number of aryl methyl sites for hydroxylation is 6. The fourth-order valence-electron chi connectivity index (χ4n) is 6.35. The topological polar surface area (TPSA) is 43.3 Å². The molecule has 0 unspecified atom stereocenters. The first-order chi connectivity index (χ1) is 22.0. The number of para-hydroxylation sites is 1. The molecule has 6 rings (SSSR count). The fourth-order valence-corrected chi connectivity index (χ4v) is 6.35. The Kier molecular flexibility index (Phi) is 10.2. The van der Waals surface area contributed by atoms with Crippen LogP contribution < -0.4 is 14.6 Å². The van der Waals surface area contributed by atoms with Crippen LogP contribution in [0.2, 0.25) is 0 Å². The smallest absolute Gasteiger partial charge is 0.290 e. The van der Waals surface area contributed by atoms with Crippen LogP contribution in [-0.2, 0) is 12.6 Å². The number of aromatic nitrogens is 4. The Bertz CT molecular complexity index is 2080. The first-order valence-electron chi connectivity index (χ1n) is 16.4. The molecule has 6 heteroatoms. The van der Waals surface area contributed by atoms with Crippen molar-refractivity contribution in [3.63, 3.8) is 0 Å². The minimum absolute atomic E-state index is 0.506. The minimum atomic E-state index is -0.506. The summed E-state index contributed by atoms with van der Waals surface area (Å²) in [5, 5.41) is 0. The van der Waals surface area contributed by atoms with E-state index in [1.165, 1.54) is 16.7 Å². The standard InChI is InChI=1S/C36H39N5O.2C2H6/c1-10-39-32-27(6)20-23(2)21-30(32)41-33(34(39)37-31-25(4)15-13-16-26(31)5)29(22-42-41)36(7,8)40-19-18-38(9)35(40)28-17-12-11-14-24(28)3;2*1-2/h10-22H,1H2,2-9H3;2*1-2H3/q+2;;. The summed E-state index contributed by atoms with van der Waals surface area (Å²) in [6.45, 7) is 27.4. The number of imidazole rings is 1. The van der Waals surface area contributed by atoms with Gasteiger partial charge in [-0.3, -0.25) is 4.57 Å². The number of nitrogens with zero attached hydrogens (tertiary/aromatic N) is 5. The Labute approximate surface area is 274 Å². The van der Waals surface area contributed by atoms with Gasteiger partial charge in [-0.15, -0.1) is 0 Å². The van der Waals surface area contributed by atoms with Crippen molar-refractivity contribution in [1.29, 1.82) is 0 Å². The summed E-state index contributed by atoms with van der Waals surface area (Å²) >= 11 is 0.